The third-order valence-electron chi connectivity index (χ3n) is 2.69. The monoisotopic (exact) mass is 301 g/mol. The first kappa shape index (κ1) is 16.9. The average molecular weight is 301 g/mol. The van der Waals surface area contributed by atoms with Gasteiger partial charge in [0.2, 0.25) is 5.91 Å². The van der Waals surface area contributed by atoms with E-state index in [1.54, 1.807) is 0 Å². The zero-order valence-electron chi connectivity index (χ0n) is 11.3. The van der Waals surface area contributed by atoms with Crippen molar-refractivity contribution >= 4 is 5.91 Å². The molecule has 1 aromatic carbocycles. The van der Waals surface area contributed by atoms with Gasteiger partial charge in [-0.05, 0) is 17.7 Å². The molecule has 1 rings (SSSR count). The molecule has 1 aromatic rings. The molecule has 0 aromatic heterocycles. The van der Waals surface area contributed by atoms with Gasteiger partial charge in [0.05, 0.1) is 12.1 Å². The van der Waals surface area contributed by atoms with Crippen LogP contribution in [0, 0.1) is 0 Å². The van der Waals surface area contributed by atoms with Crippen molar-refractivity contribution in [3.63, 3.8) is 0 Å². The molecular formula is C15H15F4NO. The lowest BCUT2D eigenvalue weighted by atomic mass is 10.1. The fourth-order valence-corrected chi connectivity index (χ4v) is 1.71. The summed E-state index contributed by atoms with van der Waals surface area (Å²) in [6.07, 6.45) is -3.01. The molecule has 1 amide bonds. The number of hydrogen-bond donors (Lipinski definition) is 0. The SMILES string of the molecule is C=CCC(=O)N(CC(=C)F)Cc1ccc(C(F)(F)F)cc1. The molecule has 0 unspecified atom stereocenters. The molecular weight excluding hydrogens is 286 g/mol. The first-order chi connectivity index (χ1) is 9.74. The Hall–Kier alpha value is -2.11. The maximum atomic E-state index is 12.9. The molecule has 0 saturated heterocycles. The second-order valence-corrected chi connectivity index (χ2v) is 4.45. The van der Waals surface area contributed by atoms with Gasteiger partial charge in [-0.15, -0.1) is 6.58 Å². The van der Waals surface area contributed by atoms with Gasteiger partial charge in [-0.25, -0.2) is 4.39 Å². The van der Waals surface area contributed by atoms with E-state index in [0.29, 0.717) is 5.56 Å². The molecule has 0 aliphatic carbocycles. The molecule has 0 radical (unpaired) electrons. The van der Waals surface area contributed by atoms with Crippen LogP contribution >= 0.6 is 0 Å². The van der Waals surface area contributed by atoms with Crippen LogP contribution in [0.25, 0.3) is 0 Å². The van der Waals surface area contributed by atoms with Crippen molar-refractivity contribution in [2.75, 3.05) is 6.54 Å². The zero-order valence-corrected chi connectivity index (χ0v) is 11.3. The van der Waals surface area contributed by atoms with E-state index >= 15 is 0 Å². The summed E-state index contributed by atoms with van der Waals surface area (Å²) in [4.78, 5) is 12.9. The first-order valence-electron chi connectivity index (χ1n) is 6.12. The van der Waals surface area contributed by atoms with Gasteiger partial charge in [-0.1, -0.05) is 24.8 Å². The van der Waals surface area contributed by atoms with Gasteiger partial charge in [0.25, 0.3) is 0 Å². The van der Waals surface area contributed by atoms with Crippen LogP contribution in [0.3, 0.4) is 0 Å². The number of rotatable bonds is 6. The maximum absolute atomic E-state index is 12.9. The van der Waals surface area contributed by atoms with Gasteiger partial charge in [-0.3, -0.25) is 4.79 Å². The summed E-state index contributed by atoms with van der Waals surface area (Å²) in [5.41, 5.74) is -0.299. The minimum atomic E-state index is -4.41. The summed E-state index contributed by atoms with van der Waals surface area (Å²) in [6.45, 7) is 6.22. The highest BCUT2D eigenvalue weighted by atomic mass is 19.4. The zero-order chi connectivity index (χ0) is 16.0. The van der Waals surface area contributed by atoms with Crippen molar-refractivity contribution in [1.29, 1.82) is 0 Å². The predicted octanol–water partition coefficient (Wildman–Crippen LogP) is 4.09. The lowest BCUT2D eigenvalue weighted by molar-refractivity contribution is -0.137. The van der Waals surface area contributed by atoms with E-state index in [1.807, 2.05) is 0 Å². The van der Waals surface area contributed by atoms with Crippen LogP contribution in [0.15, 0.2) is 49.3 Å². The molecule has 2 nitrogen and oxygen atoms in total. The molecule has 114 valence electrons. The van der Waals surface area contributed by atoms with E-state index in [9.17, 15) is 22.4 Å². The molecule has 0 aliphatic heterocycles. The van der Waals surface area contributed by atoms with Crippen molar-refractivity contribution in [3.8, 4) is 0 Å². The highest BCUT2D eigenvalue weighted by Crippen LogP contribution is 2.29. The van der Waals surface area contributed by atoms with Gasteiger partial charge >= 0.3 is 6.18 Å². The number of alkyl halides is 3. The summed E-state index contributed by atoms with van der Waals surface area (Å²) in [5, 5.41) is 0. The molecule has 21 heavy (non-hydrogen) atoms. The van der Waals surface area contributed by atoms with E-state index < -0.39 is 17.6 Å². The van der Waals surface area contributed by atoms with Gasteiger partial charge in [0, 0.05) is 13.0 Å². The normalized spacial score (nSPS) is 11.0. The number of carbonyl (C=O) groups is 1. The fraction of sp³-hybridized carbons (Fsp3) is 0.267. The van der Waals surface area contributed by atoms with E-state index in [4.69, 9.17) is 0 Å². The van der Waals surface area contributed by atoms with Gasteiger partial charge < -0.3 is 4.90 Å². The Bertz CT molecular complexity index is 519. The number of carbonyl (C=O) groups excluding carboxylic acids is 1. The van der Waals surface area contributed by atoms with E-state index in [2.05, 4.69) is 13.2 Å². The maximum Gasteiger partial charge on any atom is 0.416 e. The summed E-state index contributed by atoms with van der Waals surface area (Å²) >= 11 is 0. The lowest BCUT2D eigenvalue weighted by Crippen LogP contribution is -2.31. The Morgan fingerprint density at radius 1 is 1.24 bits per heavy atom. The molecule has 6 heteroatoms. The number of nitrogens with zero attached hydrogens (tertiary/aromatic N) is 1. The van der Waals surface area contributed by atoms with E-state index in [0.717, 1.165) is 12.1 Å². The summed E-state index contributed by atoms with van der Waals surface area (Å²) in [7, 11) is 0. The Labute approximate surface area is 120 Å². The van der Waals surface area contributed by atoms with Crippen LogP contribution in [0.2, 0.25) is 0 Å². The standard InChI is InChI=1S/C15H15F4NO/c1-3-4-14(21)20(9-11(2)16)10-12-5-7-13(8-6-12)15(17,18)19/h3,5-8H,1-2,4,9-10H2. The molecule has 0 N–H and O–H groups in total. The predicted molar refractivity (Wildman–Crippen MR) is 71.9 cm³/mol. The number of benzene rings is 1. The number of amides is 1. The number of halogens is 4. The summed E-state index contributed by atoms with van der Waals surface area (Å²) in [5.74, 6) is -1.07. The molecule has 0 atom stereocenters. The minimum Gasteiger partial charge on any atom is -0.331 e. The average Bonchev–Trinajstić information content (AvgIpc) is 2.37. The van der Waals surface area contributed by atoms with Gasteiger partial charge in [-0.2, -0.15) is 13.2 Å². The largest absolute Gasteiger partial charge is 0.416 e. The first-order valence-corrected chi connectivity index (χ1v) is 6.12. The fourth-order valence-electron chi connectivity index (χ4n) is 1.71. The smallest absolute Gasteiger partial charge is 0.331 e. The quantitative estimate of drug-likeness (QED) is 0.572. The van der Waals surface area contributed by atoms with E-state index in [1.165, 1.54) is 23.1 Å². The molecule has 0 saturated carbocycles. The lowest BCUT2D eigenvalue weighted by Gasteiger charge is -2.21. The Morgan fingerprint density at radius 2 is 1.81 bits per heavy atom. The topological polar surface area (TPSA) is 20.3 Å². The molecule has 0 spiro atoms. The highest BCUT2D eigenvalue weighted by Gasteiger charge is 2.30. The summed E-state index contributed by atoms with van der Waals surface area (Å²) < 4.78 is 50.3. The molecule has 0 bridgehead atoms. The van der Waals surface area contributed by atoms with Gasteiger partial charge in [0.15, 0.2) is 0 Å². The highest BCUT2D eigenvalue weighted by molar-refractivity contribution is 5.77. The van der Waals surface area contributed by atoms with Crippen molar-refractivity contribution in [1.82, 2.24) is 4.90 Å². The third-order valence-corrected chi connectivity index (χ3v) is 2.69. The molecule has 0 heterocycles. The third kappa shape index (κ3) is 5.41. The van der Waals surface area contributed by atoms with E-state index in [-0.39, 0.29) is 25.4 Å². The molecule has 0 fully saturated rings. The minimum absolute atomic E-state index is 0.00769. The number of hydrogen-bond acceptors (Lipinski definition) is 1. The van der Waals surface area contributed by atoms with Crippen molar-refractivity contribution in [2.45, 2.75) is 19.1 Å². The Kier molecular flexibility index (Phi) is 5.69. The summed E-state index contributed by atoms with van der Waals surface area (Å²) in [6, 6.07) is 4.38. The van der Waals surface area contributed by atoms with Crippen LogP contribution in [-0.4, -0.2) is 17.4 Å². The second-order valence-electron chi connectivity index (χ2n) is 4.45. The van der Waals surface area contributed by atoms with Crippen molar-refractivity contribution < 1.29 is 22.4 Å². The van der Waals surface area contributed by atoms with Crippen LogP contribution < -0.4 is 0 Å². The Morgan fingerprint density at radius 3 is 2.24 bits per heavy atom. The van der Waals surface area contributed by atoms with Crippen LogP contribution in [0.5, 0.6) is 0 Å². The molecule has 0 aliphatic rings. The van der Waals surface area contributed by atoms with Crippen LogP contribution in [0.4, 0.5) is 17.6 Å². The Balaban J connectivity index is 2.85. The van der Waals surface area contributed by atoms with Gasteiger partial charge in [0.1, 0.15) is 5.83 Å². The van der Waals surface area contributed by atoms with Crippen molar-refractivity contribution in [2.24, 2.45) is 0 Å². The van der Waals surface area contributed by atoms with Crippen LogP contribution in [-0.2, 0) is 17.5 Å². The van der Waals surface area contributed by atoms with Crippen molar-refractivity contribution in [3.05, 3.63) is 60.5 Å². The van der Waals surface area contributed by atoms with Crippen LogP contribution in [0.1, 0.15) is 17.5 Å². The second kappa shape index (κ2) is 7.06.